The molecule has 0 unspecified atom stereocenters. The smallest absolute Gasteiger partial charge is 0.416 e. The maximum absolute atomic E-state index is 12.7. The van der Waals surface area contributed by atoms with E-state index in [1.54, 1.807) is 24.3 Å². The van der Waals surface area contributed by atoms with Gasteiger partial charge in [-0.05, 0) is 36.4 Å². The standard InChI is InChI=1S/C16H9F3N4O2.H2O/c17-16(18,19)9-5-7-10(8-6-9)22-15(25)13-14(24)20-11-3-1-2-4-12(11)23(13)21-22;/h1-8H,(H-,20,21,24,25);1H2. The van der Waals surface area contributed by atoms with Gasteiger partial charge in [0.05, 0.1) is 11.1 Å². The van der Waals surface area contributed by atoms with E-state index in [2.05, 4.69) is 10.2 Å². The van der Waals surface area contributed by atoms with Crippen molar-refractivity contribution >= 4 is 16.6 Å². The summed E-state index contributed by atoms with van der Waals surface area (Å²) in [6.45, 7) is 0. The van der Waals surface area contributed by atoms with E-state index < -0.39 is 23.2 Å². The van der Waals surface area contributed by atoms with E-state index in [0.29, 0.717) is 11.0 Å². The van der Waals surface area contributed by atoms with E-state index in [9.17, 15) is 23.1 Å². The van der Waals surface area contributed by atoms with Crippen LogP contribution in [-0.4, -0.2) is 25.5 Å². The van der Waals surface area contributed by atoms with Gasteiger partial charge in [-0.25, -0.2) is 0 Å². The lowest BCUT2D eigenvalue weighted by molar-refractivity contribution is -0.556. The third kappa shape index (κ3) is 2.56. The molecule has 3 N–H and O–H groups in total. The Hall–Kier alpha value is -3.40. The molecule has 7 nitrogen and oxygen atoms in total. The molecule has 0 amide bonds. The Balaban J connectivity index is 0.00000196. The molecular formula is C16H11F3N4O3. The topological polar surface area (TPSA) is 105 Å². The highest BCUT2D eigenvalue weighted by molar-refractivity contribution is 5.72. The molecule has 0 aliphatic rings. The third-order valence-corrected chi connectivity index (χ3v) is 3.84. The Morgan fingerprint density at radius 2 is 1.73 bits per heavy atom. The molecule has 10 heteroatoms. The fourth-order valence-electron chi connectivity index (χ4n) is 2.65. The van der Waals surface area contributed by atoms with Crippen molar-refractivity contribution < 1.29 is 28.3 Å². The zero-order chi connectivity index (χ0) is 17.8. The van der Waals surface area contributed by atoms with E-state index in [0.717, 1.165) is 16.8 Å². The van der Waals surface area contributed by atoms with Gasteiger partial charge in [0.2, 0.25) is 0 Å². The lowest BCUT2D eigenvalue weighted by Gasteiger charge is -2.05. The van der Waals surface area contributed by atoms with Gasteiger partial charge in [0, 0.05) is 0 Å². The summed E-state index contributed by atoms with van der Waals surface area (Å²) in [6, 6.07) is 11.0. The molecule has 0 atom stereocenters. The van der Waals surface area contributed by atoms with Crippen LogP contribution in [0.15, 0.2) is 53.3 Å². The van der Waals surface area contributed by atoms with Crippen molar-refractivity contribution in [3.05, 3.63) is 64.4 Å². The first-order valence-corrected chi connectivity index (χ1v) is 7.19. The predicted octanol–water partition coefficient (Wildman–Crippen LogP) is 2.00. The maximum Gasteiger partial charge on any atom is 0.416 e. The van der Waals surface area contributed by atoms with Crippen molar-refractivity contribution in [1.29, 1.82) is 0 Å². The van der Waals surface area contributed by atoms with Gasteiger partial charge < -0.3 is 15.6 Å². The second-order valence-electron chi connectivity index (χ2n) is 5.40. The molecule has 0 bridgehead atoms. The molecule has 0 saturated heterocycles. The molecular weight excluding hydrogens is 353 g/mol. The van der Waals surface area contributed by atoms with Crippen LogP contribution in [0.25, 0.3) is 22.2 Å². The Labute approximate surface area is 142 Å². The number of nitrogens with zero attached hydrogens (tertiary/aromatic N) is 3. The van der Waals surface area contributed by atoms with Gasteiger partial charge in [-0.15, -0.1) is 0 Å². The van der Waals surface area contributed by atoms with Crippen molar-refractivity contribution in [2.24, 2.45) is 0 Å². The minimum atomic E-state index is -4.46. The number of hydrogen-bond acceptors (Lipinski definition) is 4. The summed E-state index contributed by atoms with van der Waals surface area (Å²) < 4.78 is 40.3. The van der Waals surface area contributed by atoms with Crippen LogP contribution in [0.3, 0.4) is 0 Å². The first kappa shape index (κ1) is 17.4. The van der Waals surface area contributed by atoms with Crippen LogP contribution in [0.5, 0.6) is 5.88 Å². The van der Waals surface area contributed by atoms with Gasteiger partial charge >= 0.3 is 23.1 Å². The van der Waals surface area contributed by atoms with Crippen LogP contribution in [-0.2, 0) is 6.18 Å². The van der Waals surface area contributed by atoms with E-state index >= 15 is 0 Å². The molecule has 134 valence electrons. The van der Waals surface area contributed by atoms with Gasteiger partial charge in [0.25, 0.3) is 0 Å². The zero-order valence-electron chi connectivity index (χ0n) is 12.9. The quantitative estimate of drug-likeness (QED) is 0.504. The number of H-pyrrole nitrogens is 1. The summed E-state index contributed by atoms with van der Waals surface area (Å²) in [5, 5.41) is 14.5. The van der Waals surface area contributed by atoms with Crippen LogP contribution in [0.1, 0.15) is 5.56 Å². The van der Waals surface area contributed by atoms with Crippen molar-refractivity contribution in [1.82, 2.24) is 14.9 Å². The normalized spacial score (nSPS) is 11.7. The van der Waals surface area contributed by atoms with Crippen LogP contribution in [0, 0.1) is 0 Å². The summed E-state index contributed by atoms with van der Waals surface area (Å²) in [7, 11) is 0. The van der Waals surface area contributed by atoms with Gasteiger partial charge in [-0.3, -0.25) is 4.79 Å². The molecule has 2 aromatic carbocycles. The summed E-state index contributed by atoms with van der Waals surface area (Å²) >= 11 is 0. The molecule has 4 aromatic rings. The molecule has 2 heterocycles. The first-order valence-electron chi connectivity index (χ1n) is 7.19. The molecule has 0 aliphatic heterocycles. The van der Waals surface area contributed by atoms with Crippen molar-refractivity contribution in [2.45, 2.75) is 6.18 Å². The molecule has 0 spiro atoms. The Morgan fingerprint density at radius 1 is 1.08 bits per heavy atom. The van der Waals surface area contributed by atoms with Gasteiger partial charge in [-0.1, -0.05) is 21.3 Å². The minimum Gasteiger partial charge on any atom is -0.870 e. The molecule has 4 rings (SSSR count). The van der Waals surface area contributed by atoms with Gasteiger partial charge in [0.15, 0.2) is 11.2 Å². The van der Waals surface area contributed by atoms with Crippen LogP contribution in [0.2, 0.25) is 0 Å². The number of aromatic nitrogens is 4. The monoisotopic (exact) mass is 364 g/mol. The van der Waals surface area contributed by atoms with E-state index in [1.165, 1.54) is 16.6 Å². The van der Waals surface area contributed by atoms with Crippen LogP contribution in [0.4, 0.5) is 13.2 Å². The molecule has 26 heavy (non-hydrogen) atoms. The van der Waals surface area contributed by atoms with E-state index in [4.69, 9.17) is 0 Å². The fraction of sp³-hybridized carbons (Fsp3) is 0.0625. The number of hydrogen-bond donors (Lipinski definition) is 2. The van der Waals surface area contributed by atoms with Gasteiger partial charge in [0.1, 0.15) is 5.21 Å². The van der Waals surface area contributed by atoms with Crippen molar-refractivity contribution in [2.75, 3.05) is 0 Å². The van der Waals surface area contributed by atoms with Crippen LogP contribution >= 0.6 is 0 Å². The van der Waals surface area contributed by atoms with Crippen molar-refractivity contribution in [3.63, 3.8) is 0 Å². The summed E-state index contributed by atoms with van der Waals surface area (Å²) in [5.41, 5.74) is -0.228. The van der Waals surface area contributed by atoms with E-state index in [-0.39, 0.29) is 16.7 Å². The second-order valence-corrected chi connectivity index (χ2v) is 5.40. The first-order chi connectivity index (χ1) is 11.9. The lowest BCUT2D eigenvalue weighted by atomic mass is 10.2. The SMILES string of the molecule is O=c1[nH]c2ccccc2[n+]2nn(-c3ccc(C(F)(F)F)cc3)c(O)c12.[OH-]. The summed E-state index contributed by atoms with van der Waals surface area (Å²) in [6.07, 6.45) is -4.46. The fourth-order valence-corrected chi connectivity index (χ4v) is 2.65. The number of aromatic hydroxyl groups is 1. The van der Waals surface area contributed by atoms with E-state index in [1.807, 2.05) is 0 Å². The molecule has 0 fully saturated rings. The number of fused-ring (bicyclic) bond motifs is 3. The highest BCUT2D eigenvalue weighted by atomic mass is 19.4. The Bertz CT molecular complexity index is 1160. The number of halogens is 3. The molecule has 0 saturated carbocycles. The lowest BCUT2D eigenvalue weighted by Crippen LogP contribution is -2.32. The van der Waals surface area contributed by atoms with Crippen LogP contribution < -0.4 is 10.1 Å². The predicted molar refractivity (Wildman–Crippen MR) is 83.5 cm³/mol. The third-order valence-electron chi connectivity index (χ3n) is 3.84. The van der Waals surface area contributed by atoms with Gasteiger partial charge in [-0.2, -0.15) is 13.2 Å². The largest absolute Gasteiger partial charge is 0.870 e. The number of aromatic amines is 1. The summed E-state index contributed by atoms with van der Waals surface area (Å²) in [5.74, 6) is -0.466. The highest BCUT2D eigenvalue weighted by Gasteiger charge is 2.31. The number of nitrogens with one attached hydrogen (secondary N) is 1. The zero-order valence-corrected chi connectivity index (χ0v) is 12.9. The highest BCUT2D eigenvalue weighted by Crippen LogP contribution is 2.30. The number of para-hydroxylation sites is 2. The number of rotatable bonds is 1. The summed E-state index contributed by atoms with van der Waals surface area (Å²) in [4.78, 5) is 14.8. The maximum atomic E-state index is 12.7. The second kappa shape index (κ2) is 5.85. The molecule has 0 aliphatic carbocycles. The minimum absolute atomic E-state index is 0. The Morgan fingerprint density at radius 3 is 2.38 bits per heavy atom. The molecule has 2 aromatic heterocycles. The number of benzene rings is 2. The average Bonchev–Trinajstić information content (AvgIpc) is 2.93. The van der Waals surface area contributed by atoms with Crippen molar-refractivity contribution in [3.8, 4) is 11.6 Å². The Kier molecular flexibility index (Phi) is 3.92. The molecule has 0 radical (unpaired) electrons. The average molecular weight is 364 g/mol. The number of alkyl halides is 3.